The van der Waals surface area contributed by atoms with E-state index < -0.39 is 0 Å². The molecule has 122 valence electrons. The van der Waals surface area contributed by atoms with Crippen molar-refractivity contribution in [2.45, 2.75) is 52.1 Å². The summed E-state index contributed by atoms with van der Waals surface area (Å²) in [6, 6.07) is 5.67. The summed E-state index contributed by atoms with van der Waals surface area (Å²) in [7, 11) is 0. The SMILES string of the molecule is CCCCCCNCC(=O)c1ccc2c(c1)NCC(CC)O2. The number of benzene rings is 1. The first-order valence-corrected chi connectivity index (χ1v) is 8.53. The van der Waals surface area contributed by atoms with Crippen LogP contribution in [0.15, 0.2) is 18.2 Å². The molecule has 1 aromatic rings. The lowest BCUT2D eigenvalue weighted by Gasteiger charge is -2.26. The molecule has 0 bridgehead atoms. The summed E-state index contributed by atoms with van der Waals surface area (Å²) in [5, 5.41) is 6.59. The lowest BCUT2D eigenvalue weighted by atomic mass is 10.1. The molecule has 1 unspecified atom stereocenters. The second-order valence-corrected chi connectivity index (χ2v) is 5.90. The molecule has 0 amide bonds. The monoisotopic (exact) mass is 304 g/mol. The number of nitrogens with one attached hydrogen (secondary N) is 2. The number of rotatable bonds is 9. The molecule has 2 N–H and O–H groups in total. The van der Waals surface area contributed by atoms with Crippen molar-refractivity contribution < 1.29 is 9.53 Å². The van der Waals surface area contributed by atoms with Crippen LogP contribution in [0.2, 0.25) is 0 Å². The number of ether oxygens (including phenoxy) is 1. The van der Waals surface area contributed by atoms with E-state index in [9.17, 15) is 4.79 Å². The highest BCUT2D eigenvalue weighted by Crippen LogP contribution is 2.30. The summed E-state index contributed by atoms with van der Waals surface area (Å²) < 4.78 is 5.86. The van der Waals surface area contributed by atoms with Gasteiger partial charge in [0.25, 0.3) is 0 Å². The molecule has 0 saturated heterocycles. The molecule has 0 fully saturated rings. The molecule has 1 aromatic carbocycles. The Balaban J connectivity index is 1.81. The van der Waals surface area contributed by atoms with Gasteiger partial charge in [0.15, 0.2) is 5.78 Å². The zero-order chi connectivity index (χ0) is 15.8. The van der Waals surface area contributed by atoms with Gasteiger partial charge in [0.05, 0.1) is 18.8 Å². The summed E-state index contributed by atoms with van der Waals surface area (Å²) in [4.78, 5) is 12.2. The van der Waals surface area contributed by atoms with E-state index in [0.717, 1.165) is 42.9 Å². The summed E-state index contributed by atoms with van der Waals surface area (Å²) in [5.74, 6) is 0.986. The average Bonchev–Trinajstić information content (AvgIpc) is 2.56. The standard InChI is InChI=1S/C18H28N2O2/c1-3-5-6-7-10-19-13-17(21)14-8-9-18-16(11-14)20-12-15(4-2)22-18/h8-9,11,15,19-20H,3-7,10,12-13H2,1-2H3. The molecule has 0 spiro atoms. The summed E-state index contributed by atoms with van der Waals surface area (Å²) in [5.41, 5.74) is 1.67. The van der Waals surface area contributed by atoms with Crippen LogP contribution in [0.1, 0.15) is 56.3 Å². The number of hydrogen-bond donors (Lipinski definition) is 2. The molecule has 0 aliphatic carbocycles. The van der Waals surface area contributed by atoms with Crippen molar-refractivity contribution in [3.63, 3.8) is 0 Å². The van der Waals surface area contributed by atoms with Gasteiger partial charge < -0.3 is 15.4 Å². The zero-order valence-electron chi connectivity index (χ0n) is 13.8. The van der Waals surface area contributed by atoms with Crippen LogP contribution >= 0.6 is 0 Å². The minimum absolute atomic E-state index is 0.137. The van der Waals surface area contributed by atoms with Crippen molar-refractivity contribution in [1.82, 2.24) is 5.32 Å². The molecule has 2 rings (SSSR count). The van der Waals surface area contributed by atoms with Gasteiger partial charge in [-0.05, 0) is 37.6 Å². The molecular weight excluding hydrogens is 276 g/mol. The van der Waals surface area contributed by atoms with Gasteiger partial charge in [0.2, 0.25) is 0 Å². The fourth-order valence-corrected chi connectivity index (χ4v) is 2.60. The van der Waals surface area contributed by atoms with Crippen molar-refractivity contribution in [2.24, 2.45) is 0 Å². The molecule has 1 aliphatic heterocycles. The van der Waals surface area contributed by atoms with Crippen molar-refractivity contribution in [2.75, 3.05) is 25.0 Å². The maximum absolute atomic E-state index is 12.2. The number of Topliss-reactive ketones (excluding diaryl/α,β-unsaturated/α-hetero) is 1. The van der Waals surface area contributed by atoms with E-state index in [1.807, 2.05) is 18.2 Å². The molecular formula is C18H28N2O2. The van der Waals surface area contributed by atoms with Gasteiger partial charge in [-0.3, -0.25) is 4.79 Å². The fraction of sp³-hybridized carbons (Fsp3) is 0.611. The Bertz CT molecular complexity index is 488. The van der Waals surface area contributed by atoms with Crippen molar-refractivity contribution in [3.8, 4) is 5.75 Å². The Morgan fingerprint density at radius 3 is 2.95 bits per heavy atom. The predicted molar refractivity (Wildman–Crippen MR) is 91.0 cm³/mol. The van der Waals surface area contributed by atoms with Gasteiger partial charge >= 0.3 is 0 Å². The summed E-state index contributed by atoms with van der Waals surface area (Å²) in [6.45, 7) is 6.44. The van der Waals surface area contributed by atoms with Crippen molar-refractivity contribution >= 4 is 11.5 Å². The summed E-state index contributed by atoms with van der Waals surface area (Å²) in [6.07, 6.45) is 6.08. The highest BCUT2D eigenvalue weighted by molar-refractivity contribution is 5.98. The lowest BCUT2D eigenvalue weighted by Crippen LogP contribution is -2.30. The van der Waals surface area contributed by atoms with E-state index in [1.54, 1.807) is 0 Å². The number of hydrogen-bond acceptors (Lipinski definition) is 4. The Kier molecular flexibility index (Phi) is 6.72. The van der Waals surface area contributed by atoms with Gasteiger partial charge in [-0.15, -0.1) is 0 Å². The van der Waals surface area contributed by atoms with E-state index >= 15 is 0 Å². The van der Waals surface area contributed by atoms with Gasteiger partial charge in [-0.25, -0.2) is 0 Å². The molecule has 4 nitrogen and oxygen atoms in total. The van der Waals surface area contributed by atoms with Crippen LogP contribution in [0.5, 0.6) is 5.75 Å². The van der Waals surface area contributed by atoms with E-state index in [4.69, 9.17) is 4.74 Å². The van der Waals surface area contributed by atoms with Crippen LogP contribution in [0.3, 0.4) is 0 Å². The molecule has 1 atom stereocenters. The van der Waals surface area contributed by atoms with Crippen LogP contribution in [0.4, 0.5) is 5.69 Å². The second kappa shape index (κ2) is 8.79. The van der Waals surface area contributed by atoms with E-state index in [-0.39, 0.29) is 11.9 Å². The Morgan fingerprint density at radius 2 is 2.18 bits per heavy atom. The van der Waals surface area contributed by atoms with Gasteiger partial charge in [0.1, 0.15) is 11.9 Å². The first kappa shape index (κ1) is 16.8. The van der Waals surface area contributed by atoms with Gasteiger partial charge in [-0.1, -0.05) is 33.1 Å². The smallest absolute Gasteiger partial charge is 0.176 e. The Labute approximate surface area is 133 Å². The topological polar surface area (TPSA) is 50.4 Å². The second-order valence-electron chi connectivity index (χ2n) is 5.90. The van der Waals surface area contributed by atoms with Crippen molar-refractivity contribution in [1.29, 1.82) is 0 Å². The van der Waals surface area contributed by atoms with Crippen molar-refractivity contribution in [3.05, 3.63) is 23.8 Å². The number of anilines is 1. The first-order chi connectivity index (χ1) is 10.7. The molecule has 0 radical (unpaired) electrons. The van der Waals surface area contributed by atoms with Crippen LogP contribution in [0, 0.1) is 0 Å². The normalized spacial score (nSPS) is 16.5. The summed E-state index contributed by atoms with van der Waals surface area (Å²) >= 11 is 0. The quantitative estimate of drug-likeness (QED) is 0.540. The first-order valence-electron chi connectivity index (χ1n) is 8.53. The third-order valence-electron chi connectivity index (χ3n) is 4.06. The molecule has 1 heterocycles. The van der Waals surface area contributed by atoms with Crippen LogP contribution < -0.4 is 15.4 Å². The van der Waals surface area contributed by atoms with Gasteiger partial charge in [0, 0.05) is 5.56 Å². The number of ketones is 1. The third-order valence-corrected chi connectivity index (χ3v) is 4.06. The largest absolute Gasteiger partial charge is 0.486 e. The maximum atomic E-state index is 12.2. The average molecular weight is 304 g/mol. The van der Waals surface area contributed by atoms with E-state index in [2.05, 4.69) is 24.5 Å². The third kappa shape index (κ3) is 4.73. The van der Waals surface area contributed by atoms with Crippen LogP contribution in [-0.4, -0.2) is 31.5 Å². The van der Waals surface area contributed by atoms with E-state index in [1.165, 1.54) is 19.3 Å². The maximum Gasteiger partial charge on any atom is 0.176 e. The zero-order valence-corrected chi connectivity index (χ0v) is 13.8. The number of carbonyl (C=O) groups excluding carboxylic acids is 1. The Morgan fingerprint density at radius 1 is 1.32 bits per heavy atom. The van der Waals surface area contributed by atoms with E-state index in [0.29, 0.717) is 6.54 Å². The van der Waals surface area contributed by atoms with Crippen LogP contribution in [-0.2, 0) is 0 Å². The minimum atomic E-state index is 0.137. The lowest BCUT2D eigenvalue weighted by molar-refractivity contribution is 0.0991. The predicted octanol–water partition coefficient (Wildman–Crippen LogP) is 3.62. The minimum Gasteiger partial charge on any atom is -0.486 e. The molecule has 1 aliphatic rings. The Hall–Kier alpha value is -1.55. The number of unbranched alkanes of at least 4 members (excludes halogenated alkanes) is 3. The highest BCUT2D eigenvalue weighted by Gasteiger charge is 2.18. The number of fused-ring (bicyclic) bond motifs is 1. The molecule has 4 heteroatoms. The highest BCUT2D eigenvalue weighted by atomic mass is 16.5. The fourth-order valence-electron chi connectivity index (χ4n) is 2.60. The number of carbonyl (C=O) groups is 1. The van der Waals surface area contributed by atoms with Gasteiger partial charge in [-0.2, -0.15) is 0 Å². The molecule has 0 aromatic heterocycles. The van der Waals surface area contributed by atoms with Crippen LogP contribution in [0.25, 0.3) is 0 Å². The molecule has 0 saturated carbocycles. The molecule has 22 heavy (non-hydrogen) atoms.